The van der Waals surface area contributed by atoms with Crippen molar-refractivity contribution in [1.82, 2.24) is 0 Å². The van der Waals surface area contributed by atoms with Gasteiger partial charge in [0.2, 0.25) is 10.0 Å². The molecule has 2 rings (SSSR count). The Bertz CT molecular complexity index is 572. The van der Waals surface area contributed by atoms with Crippen LogP contribution in [0, 0.1) is 5.92 Å². The molecule has 20 heavy (non-hydrogen) atoms. The lowest BCUT2D eigenvalue weighted by molar-refractivity contribution is 0.413. The fourth-order valence-electron chi connectivity index (χ4n) is 2.89. The van der Waals surface area contributed by atoms with E-state index in [0.717, 1.165) is 12.8 Å². The van der Waals surface area contributed by atoms with Gasteiger partial charge in [0.15, 0.2) is 0 Å². The Morgan fingerprint density at radius 1 is 1.40 bits per heavy atom. The minimum atomic E-state index is -3.70. The smallest absolute Gasteiger partial charge is 0.238 e. The van der Waals surface area contributed by atoms with Crippen LogP contribution in [-0.2, 0) is 10.0 Å². The second-order valence-corrected chi connectivity index (χ2v) is 6.82. The minimum absolute atomic E-state index is 0.104. The number of hydrogen-bond acceptors (Lipinski definition) is 4. The second-order valence-electron chi connectivity index (χ2n) is 5.26. The molecule has 1 aliphatic carbocycles. The van der Waals surface area contributed by atoms with Crippen LogP contribution in [0.1, 0.15) is 32.6 Å². The molecule has 2 unspecified atom stereocenters. The summed E-state index contributed by atoms with van der Waals surface area (Å²) in [4.78, 5) is 0.104. The van der Waals surface area contributed by atoms with E-state index >= 15 is 0 Å². The van der Waals surface area contributed by atoms with Gasteiger partial charge in [0, 0.05) is 6.04 Å². The third-order valence-electron chi connectivity index (χ3n) is 4.02. The number of nitrogens with two attached hydrogens (primary N) is 1. The largest absolute Gasteiger partial charge is 0.495 e. The maximum Gasteiger partial charge on any atom is 0.238 e. The topological polar surface area (TPSA) is 81.4 Å². The van der Waals surface area contributed by atoms with Crippen molar-refractivity contribution in [3.63, 3.8) is 0 Å². The van der Waals surface area contributed by atoms with Gasteiger partial charge >= 0.3 is 0 Å². The third kappa shape index (κ3) is 3.24. The van der Waals surface area contributed by atoms with Gasteiger partial charge in [-0.05, 0) is 37.0 Å². The maximum absolute atomic E-state index is 11.5. The number of sulfonamides is 1. The summed E-state index contributed by atoms with van der Waals surface area (Å²) in [5.41, 5.74) is 0.698. The fraction of sp³-hybridized carbons (Fsp3) is 0.571. The summed E-state index contributed by atoms with van der Waals surface area (Å²) in [6, 6.07) is 5.02. The number of primary sulfonamides is 1. The molecule has 0 amide bonds. The highest BCUT2D eigenvalue weighted by Gasteiger charge is 2.26. The summed E-state index contributed by atoms with van der Waals surface area (Å²) < 4.78 is 28.2. The Morgan fingerprint density at radius 2 is 2.15 bits per heavy atom. The number of nitrogens with one attached hydrogen (secondary N) is 1. The summed E-state index contributed by atoms with van der Waals surface area (Å²) in [6.07, 6.45) is 4.63. The van der Waals surface area contributed by atoms with Gasteiger partial charge in [0.25, 0.3) is 0 Å². The zero-order valence-corrected chi connectivity index (χ0v) is 12.7. The molecule has 5 nitrogen and oxygen atoms in total. The van der Waals surface area contributed by atoms with Crippen LogP contribution in [0.25, 0.3) is 0 Å². The Hall–Kier alpha value is -1.27. The van der Waals surface area contributed by atoms with Gasteiger partial charge in [0.1, 0.15) is 5.75 Å². The quantitative estimate of drug-likeness (QED) is 0.874. The predicted molar refractivity (Wildman–Crippen MR) is 79.4 cm³/mol. The van der Waals surface area contributed by atoms with Gasteiger partial charge in [0.05, 0.1) is 17.7 Å². The molecule has 1 saturated carbocycles. The van der Waals surface area contributed by atoms with Crippen molar-refractivity contribution in [3.8, 4) is 5.75 Å². The van der Waals surface area contributed by atoms with E-state index in [1.54, 1.807) is 19.2 Å². The molecule has 3 N–H and O–H groups in total. The normalized spacial score (nSPS) is 22.8. The molecule has 0 saturated heterocycles. The molecule has 0 heterocycles. The number of anilines is 1. The van der Waals surface area contributed by atoms with Gasteiger partial charge < -0.3 is 10.1 Å². The van der Waals surface area contributed by atoms with E-state index in [1.165, 1.54) is 18.9 Å². The molecule has 6 heteroatoms. The lowest BCUT2D eigenvalue weighted by Gasteiger charge is -2.22. The van der Waals surface area contributed by atoms with E-state index in [2.05, 4.69) is 12.2 Å². The lowest BCUT2D eigenvalue weighted by atomic mass is 10.0. The fourth-order valence-corrected chi connectivity index (χ4v) is 3.43. The van der Waals surface area contributed by atoms with E-state index in [0.29, 0.717) is 23.4 Å². The molecule has 112 valence electrons. The molecule has 1 aromatic rings. The Kier molecular flexibility index (Phi) is 4.55. The SMILES string of the molecule is CCC1CCCC1Nc1cc(S(N)(=O)=O)ccc1OC. The van der Waals surface area contributed by atoms with Crippen LogP contribution >= 0.6 is 0 Å². The van der Waals surface area contributed by atoms with Crippen molar-refractivity contribution in [2.45, 2.75) is 43.5 Å². The molecule has 1 fully saturated rings. The van der Waals surface area contributed by atoms with Crippen molar-refractivity contribution < 1.29 is 13.2 Å². The van der Waals surface area contributed by atoms with Gasteiger partial charge in [-0.2, -0.15) is 0 Å². The van der Waals surface area contributed by atoms with Crippen molar-refractivity contribution in [3.05, 3.63) is 18.2 Å². The second kappa shape index (κ2) is 6.01. The molecule has 1 aliphatic rings. The van der Waals surface area contributed by atoms with Crippen LogP contribution in [0.5, 0.6) is 5.75 Å². The molecule has 1 aromatic carbocycles. The van der Waals surface area contributed by atoms with Crippen LogP contribution in [0.4, 0.5) is 5.69 Å². The average molecular weight is 298 g/mol. The summed E-state index contributed by atoms with van der Waals surface area (Å²) in [5.74, 6) is 1.26. The molecule has 0 bridgehead atoms. The van der Waals surface area contributed by atoms with Crippen LogP contribution < -0.4 is 15.2 Å². The first-order chi connectivity index (χ1) is 9.45. The lowest BCUT2D eigenvalue weighted by Crippen LogP contribution is -2.24. The Morgan fingerprint density at radius 3 is 2.75 bits per heavy atom. The number of benzene rings is 1. The summed E-state index contributed by atoms with van der Waals surface area (Å²) in [6.45, 7) is 2.18. The molecule has 0 radical (unpaired) electrons. The van der Waals surface area contributed by atoms with Gasteiger partial charge in [-0.3, -0.25) is 0 Å². The molecule has 0 aromatic heterocycles. The average Bonchev–Trinajstić information content (AvgIpc) is 2.85. The molecule has 2 atom stereocenters. The van der Waals surface area contributed by atoms with Gasteiger partial charge in [-0.1, -0.05) is 19.8 Å². The highest BCUT2D eigenvalue weighted by atomic mass is 32.2. The number of methoxy groups -OCH3 is 1. The Balaban J connectivity index is 2.29. The minimum Gasteiger partial charge on any atom is -0.495 e. The van der Waals surface area contributed by atoms with Crippen LogP contribution in [0.3, 0.4) is 0 Å². The van der Waals surface area contributed by atoms with Crippen molar-refractivity contribution in [1.29, 1.82) is 0 Å². The standard InChI is InChI=1S/C14H22N2O3S/c1-3-10-5-4-6-12(10)16-13-9-11(20(15,17)18)7-8-14(13)19-2/h7-10,12,16H,3-6H2,1-2H3,(H2,15,17,18). The van der Waals surface area contributed by atoms with Gasteiger partial charge in [-0.25, -0.2) is 13.6 Å². The van der Waals surface area contributed by atoms with Crippen molar-refractivity contribution in [2.75, 3.05) is 12.4 Å². The van der Waals surface area contributed by atoms with Crippen LogP contribution in [0.2, 0.25) is 0 Å². The zero-order valence-electron chi connectivity index (χ0n) is 11.9. The zero-order chi connectivity index (χ0) is 14.8. The van der Waals surface area contributed by atoms with E-state index in [4.69, 9.17) is 9.88 Å². The molecular weight excluding hydrogens is 276 g/mol. The maximum atomic E-state index is 11.5. The predicted octanol–water partition coefficient (Wildman–Crippen LogP) is 2.33. The van der Waals surface area contributed by atoms with Crippen LogP contribution in [-0.4, -0.2) is 21.6 Å². The summed E-state index contributed by atoms with van der Waals surface area (Å²) >= 11 is 0. The molecule has 0 aliphatic heterocycles. The highest BCUT2D eigenvalue weighted by molar-refractivity contribution is 7.89. The monoisotopic (exact) mass is 298 g/mol. The number of rotatable bonds is 5. The van der Waals surface area contributed by atoms with Crippen molar-refractivity contribution in [2.24, 2.45) is 11.1 Å². The first kappa shape index (κ1) is 15.1. The van der Waals surface area contributed by atoms with E-state index < -0.39 is 10.0 Å². The summed E-state index contributed by atoms with van der Waals surface area (Å²) in [5, 5.41) is 8.61. The molecule has 0 spiro atoms. The first-order valence-electron chi connectivity index (χ1n) is 6.93. The van der Waals surface area contributed by atoms with E-state index in [9.17, 15) is 8.42 Å². The van der Waals surface area contributed by atoms with Crippen LogP contribution in [0.15, 0.2) is 23.1 Å². The number of hydrogen-bond donors (Lipinski definition) is 2. The number of ether oxygens (including phenoxy) is 1. The third-order valence-corrected chi connectivity index (χ3v) is 4.93. The van der Waals surface area contributed by atoms with E-state index in [-0.39, 0.29) is 4.90 Å². The summed E-state index contributed by atoms with van der Waals surface area (Å²) in [7, 11) is -2.13. The van der Waals surface area contributed by atoms with Crippen molar-refractivity contribution >= 4 is 15.7 Å². The van der Waals surface area contributed by atoms with E-state index in [1.807, 2.05) is 0 Å². The first-order valence-corrected chi connectivity index (χ1v) is 8.47. The highest BCUT2D eigenvalue weighted by Crippen LogP contribution is 2.34. The Labute approximate surface area is 120 Å². The molecular formula is C14H22N2O3S. The van der Waals surface area contributed by atoms with Gasteiger partial charge in [-0.15, -0.1) is 0 Å².